The summed E-state index contributed by atoms with van der Waals surface area (Å²) in [5, 5.41) is 1.07. The topological polar surface area (TPSA) is 26.6 Å². The number of likely N-dealkylation sites (N-methyl/N-ethyl adjacent to an activating group) is 1. The Labute approximate surface area is 178 Å². The normalized spacial score (nSPS) is 11.2. The van der Waals surface area contributed by atoms with Gasteiger partial charge in [0.1, 0.15) is 12.4 Å². The zero-order valence-corrected chi connectivity index (χ0v) is 17.8. The standard InChI is InChI=1S/C26H28N2O2/c1-27(2)16-17-30-26-23-18-22(29-3)14-15-24(23)28(19-20-10-6-4-7-11-20)25(26)21-12-8-5-9-13-21/h4-15,18H,16-17,19H2,1-3H3. The Hall–Kier alpha value is -3.24. The van der Waals surface area contributed by atoms with Crippen LogP contribution in [0.1, 0.15) is 5.56 Å². The van der Waals surface area contributed by atoms with Crippen LogP contribution in [0.2, 0.25) is 0 Å². The largest absolute Gasteiger partial charge is 0.497 e. The number of fused-ring (bicyclic) bond motifs is 1. The summed E-state index contributed by atoms with van der Waals surface area (Å²) in [5.74, 6) is 1.74. The molecule has 4 heteroatoms. The minimum absolute atomic E-state index is 0.620. The lowest BCUT2D eigenvalue weighted by molar-refractivity contribution is 0.264. The SMILES string of the molecule is COc1ccc2c(c1)c(OCCN(C)C)c(-c1ccccc1)n2Cc1ccccc1. The minimum Gasteiger partial charge on any atom is -0.497 e. The van der Waals surface area contributed by atoms with Crippen LogP contribution in [-0.4, -0.2) is 43.8 Å². The highest BCUT2D eigenvalue weighted by molar-refractivity contribution is 5.96. The quantitative estimate of drug-likeness (QED) is 0.401. The van der Waals surface area contributed by atoms with Crippen molar-refractivity contribution >= 4 is 10.9 Å². The van der Waals surface area contributed by atoms with E-state index < -0.39 is 0 Å². The van der Waals surface area contributed by atoms with Gasteiger partial charge in [0, 0.05) is 24.0 Å². The fraction of sp³-hybridized carbons (Fsp3) is 0.231. The molecule has 0 saturated carbocycles. The van der Waals surface area contributed by atoms with E-state index in [2.05, 4.69) is 90.3 Å². The molecule has 4 aromatic rings. The third-order valence-corrected chi connectivity index (χ3v) is 5.24. The summed E-state index contributed by atoms with van der Waals surface area (Å²) in [6.45, 7) is 2.24. The molecule has 0 aliphatic carbocycles. The van der Waals surface area contributed by atoms with E-state index in [-0.39, 0.29) is 0 Å². The maximum atomic E-state index is 6.42. The summed E-state index contributed by atoms with van der Waals surface area (Å²) in [5.41, 5.74) is 4.63. The molecular formula is C26H28N2O2. The zero-order valence-electron chi connectivity index (χ0n) is 17.8. The molecule has 0 radical (unpaired) electrons. The summed E-state index contributed by atoms with van der Waals surface area (Å²) in [7, 11) is 5.82. The van der Waals surface area contributed by atoms with Gasteiger partial charge in [-0.25, -0.2) is 0 Å². The number of ether oxygens (including phenoxy) is 2. The van der Waals surface area contributed by atoms with E-state index in [0.29, 0.717) is 6.61 Å². The lowest BCUT2D eigenvalue weighted by Crippen LogP contribution is -2.19. The average molecular weight is 401 g/mol. The molecule has 0 aliphatic rings. The van der Waals surface area contributed by atoms with Crippen LogP contribution >= 0.6 is 0 Å². The number of hydrogen-bond acceptors (Lipinski definition) is 3. The number of nitrogens with zero attached hydrogens (tertiary/aromatic N) is 2. The molecule has 0 bridgehead atoms. The molecular weight excluding hydrogens is 372 g/mol. The van der Waals surface area contributed by atoms with Crippen LogP contribution in [0.15, 0.2) is 78.9 Å². The fourth-order valence-electron chi connectivity index (χ4n) is 3.72. The first-order chi connectivity index (χ1) is 14.7. The van der Waals surface area contributed by atoms with E-state index in [9.17, 15) is 0 Å². The molecule has 154 valence electrons. The van der Waals surface area contributed by atoms with E-state index in [0.717, 1.165) is 46.7 Å². The van der Waals surface area contributed by atoms with Crippen LogP contribution < -0.4 is 9.47 Å². The molecule has 0 spiro atoms. The van der Waals surface area contributed by atoms with Gasteiger partial charge in [0.15, 0.2) is 5.75 Å². The maximum Gasteiger partial charge on any atom is 0.153 e. The predicted molar refractivity (Wildman–Crippen MR) is 124 cm³/mol. The first-order valence-corrected chi connectivity index (χ1v) is 10.2. The number of hydrogen-bond donors (Lipinski definition) is 0. The maximum absolute atomic E-state index is 6.42. The average Bonchev–Trinajstić information content (AvgIpc) is 3.07. The van der Waals surface area contributed by atoms with Gasteiger partial charge < -0.3 is 18.9 Å². The molecule has 4 rings (SSSR count). The molecule has 4 nitrogen and oxygen atoms in total. The molecule has 0 atom stereocenters. The van der Waals surface area contributed by atoms with Crippen molar-refractivity contribution in [3.05, 3.63) is 84.4 Å². The van der Waals surface area contributed by atoms with Crippen molar-refractivity contribution in [3.63, 3.8) is 0 Å². The Morgan fingerprint density at radius 3 is 2.23 bits per heavy atom. The van der Waals surface area contributed by atoms with Crippen LogP contribution in [0.5, 0.6) is 11.5 Å². The Morgan fingerprint density at radius 2 is 1.57 bits per heavy atom. The van der Waals surface area contributed by atoms with Gasteiger partial charge in [-0.1, -0.05) is 60.7 Å². The van der Waals surface area contributed by atoms with Crippen LogP contribution in [0.3, 0.4) is 0 Å². The number of rotatable bonds is 8. The predicted octanol–water partition coefficient (Wildman–Crippen LogP) is 5.31. The molecule has 0 saturated heterocycles. The molecule has 30 heavy (non-hydrogen) atoms. The van der Waals surface area contributed by atoms with Crippen molar-refractivity contribution in [2.45, 2.75) is 6.54 Å². The Bertz CT molecular complexity index is 1100. The fourth-order valence-corrected chi connectivity index (χ4v) is 3.72. The second-order valence-corrected chi connectivity index (χ2v) is 7.65. The van der Waals surface area contributed by atoms with Crippen LogP contribution in [0.25, 0.3) is 22.2 Å². The molecule has 0 unspecified atom stereocenters. The van der Waals surface area contributed by atoms with E-state index in [1.54, 1.807) is 7.11 Å². The van der Waals surface area contributed by atoms with E-state index in [1.807, 2.05) is 12.1 Å². The summed E-state index contributed by atoms with van der Waals surface area (Å²) in [4.78, 5) is 2.13. The van der Waals surface area contributed by atoms with Crippen LogP contribution in [0, 0.1) is 0 Å². The highest BCUT2D eigenvalue weighted by Crippen LogP contribution is 2.42. The first kappa shape index (κ1) is 20.0. The molecule has 1 heterocycles. The third kappa shape index (κ3) is 4.19. The lowest BCUT2D eigenvalue weighted by atomic mass is 10.1. The summed E-state index contributed by atoms with van der Waals surface area (Å²) >= 11 is 0. The van der Waals surface area contributed by atoms with Gasteiger partial charge in [0.05, 0.1) is 18.3 Å². The third-order valence-electron chi connectivity index (χ3n) is 5.24. The van der Waals surface area contributed by atoms with Gasteiger partial charge in [0.25, 0.3) is 0 Å². The molecule has 1 aromatic heterocycles. The van der Waals surface area contributed by atoms with E-state index in [1.165, 1.54) is 5.56 Å². The summed E-state index contributed by atoms with van der Waals surface area (Å²) in [6, 6.07) is 27.2. The first-order valence-electron chi connectivity index (χ1n) is 10.2. The van der Waals surface area contributed by atoms with Crippen LogP contribution in [-0.2, 0) is 6.54 Å². The van der Waals surface area contributed by atoms with Gasteiger partial charge in [0.2, 0.25) is 0 Å². The highest BCUT2D eigenvalue weighted by atomic mass is 16.5. The van der Waals surface area contributed by atoms with Gasteiger partial charge in [-0.05, 0) is 37.9 Å². The Balaban J connectivity index is 1.92. The van der Waals surface area contributed by atoms with Crippen molar-refractivity contribution in [1.82, 2.24) is 9.47 Å². The lowest BCUT2D eigenvalue weighted by Gasteiger charge is -2.15. The molecule has 0 N–H and O–H groups in total. The summed E-state index contributed by atoms with van der Waals surface area (Å²) < 4.78 is 14.3. The monoisotopic (exact) mass is 400 g/mol. The van der Waals surface area contributed by atoms with Gasteiger partial charge >= 0.3 is 0 Å². The highest BCUT2D eigenvalue weighted by Gasteiger charge is 2.21. The van der Waals surface area contributed by atoms with Crippen molar-refractivity contribution in [1.29, 1.82) is 0 Å². The van der Waals surface area contributed by atoms with Gasteiger partial charge in [-0.2, -0.15) is 0 Å². The van der Waals surface area contributed by atoms with Gasteiger partial charge in [-0.15, -0.1) is 0 Å². The molecule has 0 fully saturated rings. The summed E-state index contributed by atoms with van der Waals surface area (Å²) in [6.07, 6.45) is 0. The molecule has 0 aliphatic heterocycles. The minimum atomic E-state index is 0.620. The van der Waals surface area contributed by atoms with Crippen molar-refractivity contribution < 1.29 is 9.47 Å². The van der Waals surface area contributed by atoms with Crippen molar-refractivity contribution in [3.8, 4) is 22.8 Å². The number of methoxy groups -OCH3 is 1. The van der Waals surface area contributed by atoms with Crippen molar-refractivity contribution in [2.24, 2.45) is 0 Å². The van der Waals surface area contributed by atoms with Gasteiger partial charge in [-0.3, -0.25) is 0 Å². The molecule has 0 amide bonds. The Morgan fingerprint density at radius 1 is 0.867 bits per heavy atom. The smallest absolute Gasteiger partial charge is 0.153 e. The zero-order chi connectivity index (χ0) is 20.9. The van der Waals surface area contributed by atoms with E-state index in [4.69, 9.17) is 9.47 Å². The second kappa shape index (κ2) is 9.06. The number of aromatic nitrogens is 1. The molecule has 3 aromatic carbocycles. The second-order valence-electron chi connectivity index (χ2n) is 7.65. The van der Waals surface area contributed by atoms with Crippen LogP contribution in [0.4, 0.5) is 0 Å². The Kier molecular flexibility index (Phi) is 6.05. The number of benzene rings is 3. The van der Waals surface area contributed by atoms with E-state index >= 15 is 0 Å². The van der Waals surface area contributed by atoms with Crippen molar-refractivity contribution in [2.75, 3.05) is 34.4 Å².